The van der Waals surface area contributed by atoms with Gasteiger partial charge in [-0.3, -0.25) is 0 Å². The third-order valence-corrected chi connectivity index (χ3v) is 5.04. The van der Waals surface area contributed by atoms with Crippen molar-refractivity contribution in [1.82, 2.24) is 0 Å². The van der Waals surface area contributed by atoms with Crippen molar-refractivity contribution in [2.75, 3.05) is 18.0 Å². The van der Waals surface area contributed by atoms with Gasteiger partial charge in [-0.2, -0.15) is 0 Å². The SMILES string of the molecule is CCC1(CC)CCN(c2ccc([C@H](C)O)cc2Cl)C1. The van der Waals surface area contributed by atoms with Crippen LogP contribution in [0.2, 0.25) is 5.02 Å². The number of hydrogen-bond acceptors (Lipinski definition) is 2. The highest BCUT2D eigenvalue weighted by Crippen LogP contribution is 2.41. The van der Waals surface area contributed by atoms with Crippen molar-refractivity contribution in [2.24, 2.45) is 5.41 Å². The van der Waals surface area contributed by atoms with Gasteiger partial charge in [0.2, 0.25) is 0 Å². The van der Waals surface area contributed by atoms with E-state index in [9.17, 15) is 5.11 Å². The lowest BCUT2D eigenvalue weighted by Crippen LogP contribution is -2.26. The summed E-state index contributed by atoms with van der Waals surface area (Å²) in [7, 11) is 0. The van der Waals surface area contributed by atoms with E-state index in [0.717, 1.165) is 29.4 Å². The van der Waals surface area contributed by atoms with Gasteiger partial charge in [-0.1, -0.05) is 31.5 Å². The first-order valence-electron chi connectivity index (χ1n) is 7.24. The topological polar surface area (TPSA) is 23.5 Å². The molecule has 1 atom stereocenters. The Hall–Kier alpha value is -0.730. The number of anilines is 1. The minimum absolute atomic E-state index is 0.451. The van der Waals surface area contributed by atoms with Gasteiger partial charge in [0, 0.05) is 13.1 Å². The van der Waals surface area contributed by atoms with Crippen LogP contribution in [0.3, 0.4) is 0 Å². The molecule has 1 heterocycles. The molecule has 0 bridgehead atoms. The average molecular weight is 282 g/mol. The van der Waals surface area contributed by atoms with Crippen molar-refractivity contribution in [3.8, 4) is 0 Å². The molecule has 106 valence electrons. The fourth-order valence-electron chi connectivity index (χ4n) is 3.01. The Balaban J connectivity index is 2.20. The van der Waals surface area contributed by atoms with Gasteiger partial charge in [-0.25, -0.2) is 0 Å². The number of rotatable bonds is 4. The van der Waals surface area contributed by atoms with Crippen LogP contribution in [0.25, 0.3) is 0 Å². The Morgan fingerprint density at radius 3 is 2.53 bits per heavy atom. The Morgan fingerprint density at radius 2 is 2.05 bits per heavy atom. The first kappa shape index (κ1) is 14.7. The van der Waals surface area contributed by atoms with E-state index in [1.165, 1.54) is 19.3 Å². The van der Waals surface area contributed by atoms with E-state index in [0.29, 0.717) is 5.41 Å². The smallest absolute Gasteiger partial charge is 0.0762 e. The van der Waals surface area contributed by atoms with E-state index < -0.39 is 6.10 Å². The minimum Gasteiger partial charge on any atom is -0.389 e. The maximum atomic E-state index is 9.59. The molecule has 0 radical (unpaired) electrons. The predicted molar refractivity (Wildman–Crippen MR) is 81.9 cm³/mol. The third-order valence-electron chi connectivity index (χ3n) is 4.73. The van der Waals surface area contributed by atoms with Crippen molar-refractivity contribution in [3.63, 3.8) is 0 Å². The quantitative estimate of drug-likeness (QED) is 0.884. The van der Waals surface area contributed by atoms with E-state index in [4.69, 9.17) is 11.6 Å². The fraction of sp³-hybridized carbons (Fsp3) is 0.625. The van der Waals surface area contributed by atoms with Crippen LogP contribution in [0.4, 0.5) is 5.69 Å². The molecule has 2 rings (SSSR count). The van der Waals surface area contributed by atoms with Gasteiger partial charge in [0.05, 0.1) is 16.8 Å². The van der Waals surface area contributed by atoms with Gasteiger partial charge < -0.3 is 10.0 Å². The standard InChI is InChI=1S/C16H24ClNO/c1-4-16(5-2)8-9-18(11-16)15-7-6-13(12(3)19)10-14(15)17/h6-7,10,12,19H,4-5,8-9,11H2,1-3H3/t12-/m0/s1. The van der Waals surface area contributed by atoms with Gasteiger partial charge in [0.1, 0.15) is 0 Å². The lowest BCUT2D eigenvalue weighted by molar-refractivity contribution is 0.199. The predicted octanol–water partition coefficient (Wildman–Crippen LogP) is 4.41. The van der Waals surface area contributed by atoms with Gasteiger partial charge in [0.15, 0.2) is 0 Å². The van der Waals surface area contributed by atoms with Crippen LogP contribution in [-0.2, 0) is 0 Å². The molecule has 3 heteroatoms. The summed E-state index contributed by atoms with van der Waals surface area (Å²) in [5.74, 6) is 0. The fourth-order valence-corrected chi connectivity index (χ4v) is 3.32. The molecule has 1 aliphatic rings. The summed E-state index contributed by atoms with van der Waals surface area (Å²) in [5.41, 5.74) is 2.44. The molecular weight excluding hydrogens is 258 g/mol. The van der Waals surface area contributed by atoms with Crippen molar-refractivity contribution in [2.45, 2.75) is 46.1 Å². The lowest BCUT2D eigenvalue weighted by atomic mass is 9.82. The van der Waals surface area contributed by atoms with Crippen LogP contribution in [0.5, 0.6) is 0 Å². The number of benzene rings is 1. The van der Waals surface area contributed by atoms with Crippen LogP contribution in [0.15, 0.2) is 18.2 Å². The zero-order chi connectivity index (χ0) is 14.0. The number of nitrogens with zero attached hydrogens (tertiary/aromatic N) is 1. The third kappa shape index (κ3) is 2.90. The van der Waals surface area contributed by atoms with Crippen molar-refractivity contribution in [3.05, 3.63) is 28.8 Å². The molecule has 1 saturated heterocycles. The molecule has 2 nitrogen and oxygen atoms in total. The number of aliphatic hydroxyl groups is 1. The Bertz CT molecular complexity index is 440. The van der Waals surface area contributed by atoms with Crippen LogP contribution < -0.4 is 4.90 Å². The Kier molecular flexibility index (Phi) is 4.42. The number of halogens is 1. The number of hydrogen-bond donors (Lipinski definition) is 1. The summed E-state index contributed by atoms with van der Waals surface area (Å²) in [5, 5.41) is 10.3. The van der Waals surface area contributed by atoms with Crippen molar-refractivity contribution >= 4 is 17.3 Å². The summed E-state index contributed by atoms with van der Waals surface area (Å²) in [6, 6.07) is 5.91. The summed E-state index contributed by atoms with van der Waals surface area (Å²) >= 11 is 6.38. The highest BCUT2D eigenvalue weighted by molar-refractivity contribution is 6.33. The van der Waals surface area contributed by atoms with Gasteiger partial charge in [0.25, 0.3) is 0 Å². The molecule has 0 aromatic heterocycles. The van der Waals surface area contributed by atoms with Crippen molar-refractivity contribution in [1.29, 1.82) is 0 Å². The minimum atomic E-state index is -0.462. The second-order valence-electron chi connectivity index (χ2n) is 5.77. The van der Waals surface area contributed by atoms with Crippen LogP contribution in [-0.4, -0.2) is 18.2 Å². The van der Waals surface area contributed by atoms with Gasteiger partial charge >= 0.3 is 0 Å². The van der Waals surface area contributed by atoms with Gasteiger partial charge in [-0.05, 0) is 49.3 Å². The molecule has 1 fully saturated rings. The highest BCUT2D eigenvalue weighted by atomic mass is 35.5. The highest BCUT2D eigenvalue weighted by Gasteiger charge is 2.35. The van der Waals surface area contributed by atoms with Crippen molar-refractivity contribution < 1.29 is 5.11 Å². The summed E-state index contributed by atoms with van der Waals surface area (Å²) in [6.45, 7) is 8.50. The molecule has 19 heavy (non-hydrogen) atoms. The first-order valence-corrected chi connectivity index (χ1v) is 7.61. The zero-order valence-electron chi connectivity index (χ0n) is 12.1. The molecule has 0 spiro atoms. The molecule has 0 saturated carbocycles. The lowest BCUT2D eigenvalue weighted by Gasteiger charge is -2.27. The summed E-state index contributed by atoms with van der Waals surface area (Å²) in [6.07, 6.45) is 3.23. The summed E-state index contributed by atoms with van der Waals surface area (Å²) < 4.78 is 0. The van der Waals surface area contributed by atoms with E-state index >= 15 is 0 Å². The molecule has 1 N–H and O–H groups in total. The largest absolute Gasteiger partial charge is 0.389 e. The molecular formula is C16H24ClNO. The molecule has 1 aromatic rings. The van der Waals surface area contributed by atoms with Gasteiger partial charge in [-0.15, -0.1) is 0 Å². The molecule has 0 amide bonds. The van der Waals surface area contributed by atoms with E-state index in [1.54, 1.807) is 6.92 Å². The molecule has 1 aromatic carbocycles. The molecule has 0 unspecified atom stereocenters. The normalized spacial score (nSPS) is 19.7. The average Bonchev–Trinajstić information content (AvgIpc) is 2.83. The van der Waals surface area contributed by atoms with Crippen LogP contribution in [0, 0.1) is 5.41 Å². The van der Waals surface area contributed by atoms with Crippen LogP contribution >= 0.6 is 11.6 Å². The monoisotopic (exact) mass is 281 g/mol. The maximum Gasteiger partial charge on any atom is 0.0762 e. The Labute approximate surface area is 121 Å². The van der Waals surface area contributed by atoms with E-state index in [1.807, 2.05) is 18.2 Å². The summed E-state index contributed by atoms with van der Waals surface area (Å²) in [4.78, 5) is 2.39. The number of aliphatic hydroxyl groups excluding tert-OH is 1. The first-order chi connectivity index (χ1) is 9.01. The van der Waals surface area contributed by atoms with E-state index in [-0.39, 0.29) is 0 Å². The second-order valence-corrected chi connectivity index (χ2v) is 6.17. The molecule has 1 aliphatic heterocycles. The zero-order valence-corrected chi connectivity index (χ0v) is 12.9. The second kappa shape index (κ2) is 5.72. The van der Waals surface area contributed by atoms with E-state index in [2.05, 4.69) is 18.7 Å². The van der Waals surface area contributed by atoms with Crippen LogP contribution in [0.1, 0.15) is 51.7 Å². The Morgan fingerprint density at radius 1 is 1.37 bits per heavy atom. The molecule has 0 aliphatic carbocycles. The maximum absolute atomic E-state index is 9.59.